The van der Waals surface area contributed by atoms with Gasteiger partial charge in [0.25, 0.3) is 0 Å². The second kappa shape index (κ2) is 5.51. The minimum Gasteiger partial charge on any atom is -0.491 e. The molecular formula is C16H16FNO2. The van der Waals surface area contributed by atoms with Gasteiger partial charge in [-0.15, -0.1) is 0 Å². The maximum atomic E-state index is 14.1. The Kier molecular flexibility index (Phi) is 3.56. The summed E-state index contributed by atoms with van der Waals surface area (Å²) in [6.45, 7) is 1.62. The normalized spacial score (nSPS) is 14.4. The quantitative estimate of drug-likeness (QED) is 0.913. The molecule has 2 aromatic rings. The summed E-state index contributed by atoms with van der Waals surface area (Å²) in [5, 5.41) is 9.04. The lowest BCUT2D eigenvalue weighted by atomic mass is 10.1. The number of anilines is 1. The molecule has 0 bridgehead atoms. The molecule has 2 aromatic carbocycles. The molecule has 20 heavy (non-hydrogen) atoms. The minimum atomic E-state index is -0.309. The molecule has 0 atom stereocenters. The van der Waals surface area contributed by atoms with E-state index >= 15 is 0 Å². The fourth-order valence-electron chi connectivity index (χ4n) is 2.44. The first-order valence-corrected chi connectivity index (χ1v) is 6.63. The van der Waals surface area contributed by atoms with Crippen LogP contribution in [0.2, 0.25) is 0 Å². The first kappa shape index (κ1) is 12.9. The Morgan fingerprint density at radius 3 is 2.85 bits per heavy atom. The predicted octanol–water partition coefficient (Wildman–Crippen LogP) is 2.72. The van der Waals surface area contributed by atoms with Crippen LogP contribution in [-0.4, -0.2) is 18.3 Å². The van der Waals surface area contributed by atoms with Gasteiger partial charge in [0.05, 0.1) is 18.8 Å². The Morgan fingerprint density at radius 2 is 2.05 bits per heavy atom. The molecule has 0 fully saturated rings. The van der Waals surface area contributed by atoms with Crippen LogP contribution < -0.4 is 9.64 Å². The largest absolute Gasteiger partial charge is 0.491 e. The summed E-state index contributed by atoms with van der Waals surface area (Å²) >= 11 is 0. The van der Waals surface area contributed by atoms with Crippen LogP contribution in [0.15, 0.2) is 42.5 Å². The molecule has 0 amide bonds. The average Bonchev–Trinajstić information content (AvgIpc) is 2.69. The van der Waals surface area contributed by atoms with Crippen LogP contribution in [0, 0.1) is 5.82 Å². The first-order valence-electron chi connectivity index (χ1n) is 6.63. The molecule has 3 nitrogen and oxygen atoms in total. The van der Waals surface area contributed by atoms with E-state index in [1.54, 1.807) is 12.1 Å². The minimum absolute atomic E-state index is 0.150. The van der Waals surface area contributed by atoms with Crippen molar-refractivity contribution in [2.75, 3.05) is 18.1 Å². The summed E-state index contributed by atoms with van der Waals surface area (Å²) in [7, 11) is 0. The number of fused-ring (bicyclic) bond motifs is 1. The van der Waals surface area contributed by atoms with Gasteiger partial charge in [-0.25, -0.2) is 4.39 Å². The molecule has 1 N–H and O–H groups in total. The summed E-state index contributed by atoms with van der Waals surface area (Å²) in [5.41, 5.74) is 2.18. The van der Waals surface area contributed by atoms with E-state index in [2.05, 4.69) is 0 Å². The molecule has 3 rings (SSSR count). The molecule has 0 aliphatic carbocycles. The van der Waals surface area contributed by atoms with Gasteiger partial charge in [-0.3, -0.25) is 0 Å². The Hall–Kier alpha value is -2.07. The van der Waals surface area contributed by atoms with Crippen molar-refractivity contribution in [3.63, 3.8) is 0 Å². The van der Waals surface area contributed by atoms with Crippen LogP contribution >= 0.6 is 0 Å². The van der Waals surface area contributed by atoms with Crippen LogP contribution in [0.4, 0.5) is 10.1 Å². The zero-order valence-electron chi connectivity index (χ0n) is 11.1. The van der Waals surface area contributed by atoms with Gasteiger partial charge in [-0.2, -0.15) is 0 Å². The van der Waals surface area contributed by atoms with E-state index in [-0.39, 0.29) is 12.4 Å². The van der Waals surface area contributed by atoms with Crippen molar-refractivity contribution < 1.29 is 14.2 Å². The average molecular weight is 273 g/mol. The number of halogens is 1. The fraction of sp³-hybridized carbons (Fsp3) is 0.250. The van der Waals surface area contributed by atoms with Crippen LogP contribution in [0.3, 0.4) is 0 Å². The SMILES string of the molecule is OCc1ccc(N2CCOc3ccccc3C2)c(F)c1. The zero-order chi connectivity index (χ0) is 13.9. The van der Waals surface area contributed by atoms with Crippen molar-refractivity contribution in [1.82, 2.24) is 0 Å². The third kappa shape index (κ3) is 2.47. The molecule has 0 saturated carbocycles. The third-order valence-corrected chi connectivity index (χ3v) is 3.49. The lowest BCUT2D eigenvalue weighted by Gasteiger charge is -2.23. The van der Waals surface area contributed by atoms with Crippen molar-refractivity contribution in [1.29, 1.82) is 0 Å². The summed E-state index contributed by atoms with van der Waals surface area (Å²) in [6.07, 6.45) is 0. The number of aliphatic hydroxyl groups is 1. The molecule has 4 heteroatoms. The molecule has 1 aliphatic heterocycles. The van der Waals surface area contributed by atoms with Gasteiger partial charge in [0.1, 0.15) is 18.2 Å². The number of aliphatic hydroxyl groups excluding tert-OH is 1. The lowest BCUT2D eigenvalue weighted by molar-refractivity contribution is 0.281. The Balaban J connectivity index is 1.91. The number of ether oxygens (including phenoxy) is 1. The number of rotatable bonds is 2. The first-order chi connectivity index (χ1) is 9.78. The van der Waals surface area contributed by atoms with Crippen molar-refractivity contribution in [3.05, 3.63) is 59.4 Å². The highest BCUT2D eigenvalue weighted by Gasteiger charge is 2.18. The van der Waals surface area contributed by atoms with Gasteiger partial charge >= 0.3 is 0 Å². The third-order valence-electron chi connectivity index (χ3n) is 3.49. The van der Waals surface area contributed by atoms with Gasteiger partial charge < -0.3 is 14.7 Å². The van der Waals surface area contributed by atoms with E-state index in [1.807, 2.05) is 29.2 Å². The molecule has 1 aliphatic rings. The number of hydrogen-bond acceptors (Lipinski definition) is 3. The Bertz CT molecular complexity index is 615. The predicted molar refractivity (Wildman–Crippen MR) is 75.3 cm³/mol. The molecule has 0 saturated heterocycles. The maximum absolute atomic E-state index is 14.1. The van der Waals surface area contributed by atoms with E-state index in [4.69, 9.17) is 9.84 Å². The van der Waals surface area contributed by atoms with Crippen LogP contribution in [0.5, 0.6) is 5.75 Å². The highest BCUT2D eigenvalue weighted by molar-refractivity contribution is 5.51. The van der Waals surface area contributed by atoms with E-state index < -0.39 is 0 Å². The summed E-state index contributed by atoms with van der Waals surface area (Å²) in [6, 6.07) is 12.7. The van der Waals surface area contributed by atoms with Gasteiger partial charge in [-0.1, -0.05) is 24.3 Å². The maximum Gasteiger partial charge on any atom is 0.146 e. The fourth-order valence-corrected chi connectivity index (χ4v) is 2.44. The second-order valence-corrected chi connectivity index (χ2v) is 4.82. The van der Waals surface area contributed by atoms with Crippen LogP contribution in [0.1, 0.15) is 11.1 Å². The highest BCUT2D eigenvalue weighted by atomic mass is 19.1. The van der Waals surface area contributed by atoms with E-state index in [0.29, 0.717) is 30.9 Å². The van der Waals surface area contributed by atoms with E-state index in [9.17, 15) is 4.39 Å². The standard InChI is InChI=1S/C16H16FNO2/c17-14-9-12(11-19)5-6-15(14)18-7-8-20-16-4-2-1-3-13(16)10-18/h1-6,9,19H,7-8,10-11H2. The van der Waals surface area contributed by atoms with Gasteiger partial charge in [-0.05, 0) is 23.8 Å². The van der Waals surface area contributed by atoms with Gasteiger partial charge in [0.2, 0.25) is 0 Å². The summed E-state index contributed by atoms with van der Waals surface area (Å²) in [5.74, 6) is 0.554. The molecule has 0 radical (unpaired) electrons. The number of nitrogens with zero attached hydrogens (tertiary/aromatic N) is 1. The lowest BCUT2D eigenvalue weighted by Crippen LogP contribution is -2.26. The van der Waals surface area contributed by atoms with Crippen molar-refractivity contribution >= 4 is 5.69 Å². The topological polar surface area (TPSA) is 32.7 Å². The summed E-state index contributed by atoms with van der Waals surface area (Å²) in [4.78, 5) is 1.96. The number of benzene rings is 2. The van der Waals surface area contributed by atoms with Gasteiger partial charge in [0, 0.05) is 12.1 Å². The molecule has 1 heterocycles. The zero-order valence-corrected chi connectivity index (χ0v) is 11.1. The monoisotopic (exact) mass is 273 g/mol. The molecular weight excluding hydrogens is 257 g/mol. The van der Waals surface area contributed by atoms with E-state index in [1.165, 1.54) is 6.07 Å². The van der Waals surface area contributed by atoms with Crippen LogP contribution in [-0.2, 0) is 13.2 Å². The Labute approximate surface area is 117 Å². The smallest absolute Gasteiger partial charge is 0.146 e. The number of hydrogen-bond donors (Lipinski definition) is 1. The molecule has 0 unspecified atom stereocenters. The van der Waals surface area contributed by atoms with Gasteiger partial charge in [0.15, 0.2) is 0 Å². The second-order valence-electron chi connectivity index (χ2n) is 4.82. The van der Waals surface area contributed by atoms with Crippen LogP contribution in [0.25, 0.3) is 0 Å². The summed E-state index contributed by atoms with van der Waals surface area (Å²) < 4.78 is 19.8. The molecule has 104 valence electrons. The highest BCUT2D eigenvalue weighted by Crippen LogP contribution is 2.28. The molecule has 0 aromatic heterocycles. The van der Waals surface area contributed by atoms with Crippen molar-refractivity contribution in [2.45, 2.75) is 13.2 Å². The Morgan fingerprint density at radius 1 is 1.20 bits per heavy atom. The van der Waals surface area contributed by atoms with Crippen molar-refractivity contribution in [2.24, 2.45) is 0 Å². The number of para-hydroxylation sites is 1. The van der Waals surface area contributed by atoms with E-state index in [0.717, 1.165) is 11.3 Å². The van der Waals surface area contributed by atoms with Crippen molar-refractivity contribution in [3.8, 4) is 5.75 Å². The molecule has 0 spiro atoms.